The maximum absolute atomic E-state index is 5.33. The third kappa shape index (κ3) is 3.99. The van der Waals surface area contributed by atoms with Gasteiger partial charge in [-0.2, -0.15) is 4.98 Å². The third-order valence-corrected chi connectivity index (χ3v) is 3.47. The van der Waals surface area contributed by atoms with Crippen molar-refractivity contribution in [3.63, 3.8) is 0 Å². The van der Waals surface area contributed by atoms with E-state index in [1.807, 2.05) is 25.2 Å². The van der Waals surface area contributed by atoms with Crippen LogP contribution >= 0.6 is 0 Å². The second-order valence-corrected chi connectivity index (χ2v) is 5.99. The zero-order valence-electron chi connectivity index (χ0n) is 14.0. The monoisotopic (exact) mass is 324 g/mol. The van der Waals surface area contributed by atoms with Gasteiger partial charge in [-0.3, -0.25) is 9.88 Å². The normalized spacial score (nSPS) is 11.4. The van der Waals surface area contributed by atoms with Crippen LogP contribution in [-0.4, -0.2) is 37.0 Å². The zero-order valence-corrected chi connectivity index (χ0v) is 14.0. The molecular formula is C17H20N6O. The molecule has 3 aromatic rings. The Labute approximate surface area is 140 Å². The summed E-state index contributed by atoms with van der Waals surface area (Å²) >= 11 is 0. The average Bonchev–Trinajstić information content (AvgIpc) is 3.04. The fraction of sp³-hybridized carbons (Fsp3) is 0.353. The molecule has 0 aromatic carbocycles. The molecule has 7 nitrogen and oxygen atoms in total. The van der Waals surface area contributed by atoms with Gasteiger partial charge < -0.3 is 4.52 Å². The Bertz CT molecular complexity index is 787. The molecule has 0 saturated heterocycles. The van der Waals surface area contributed by atoms with Crippen molar-refractivity contribution in [2.75, 3.05) is 7.05 Å². The van der Waals surface area contributed by atoms with Gasteiger partial charge in [-0.15, -0.1) is 0 Å². The van der Waals surface area contributed by atoms with Crippen molar-refractivity contribution < 1.29 is 4.52 Å². The van der Waals surface area contributed by atoms with Gasteiger partial charge in [0, 0.05) is 36.6 Å². The van der Waals surface area contributed by atoms with Crippen molar-refractivity contribution in [3.8, 4) is 11.4 Å². The summed E-state index contributed by atoms with van der Waals surface area (Å²) in [6.07, 6.45) is 5.23. The lowest BCUT2D eigenvalue weighted by atomic mass is 10.2. The van der Waals surface area contributed by atoms with Crippen molar-refractivity contribution in [2.24, 2.45) is 0 Å². The number of rotatable bonds is 6. The molecule has 0 aliphatic heterocycles. The highest BCUT2D eigenvalue weighted by Crippen LogP contribution is 2.15. The molecule has 0 bridgehead atoms. The zero-order chi connectivity index (χ0) is 16.9. The van der Waals surface area contributed by atoms with Gasteiger partial charge in [0.05, 0.1) is 12.2 Å². The van der Waals surface area contributed by atoms with Crippen molar-refractivity contribution >= 4 is 0 Å². The van der Waals surface area contributed by atoms with E-state index in [1.54, 1.807) is 18.6 Å². The first-order chi connectivity index (χ1) is 11.6. The van der Waals surface area contributed by atoms with Gasteiger partial charge in [-0.25, -0.2) is 9.97 Å². The summed E-state index contributed by atoms with van der Waals surface area (Å²) in [5, 5.41) is 4.01. The summed E-state index contributed by atoms with van der Waals surface area (Å²) in [5.74, 6) is 2.29. The Morgan fingerprint density at radius 2 is 2.00 bits per heavy atom. The van der Waals surface area contributed by atoms with E-state index in [0.717, 1.165) is 17.1 Å². The number of aromatic nitrogens is 5. The molecule has 0 N–H and O–H groups in total. The van der Waals surface area contributed by atoms with Gasteiger partial charge in [0.1, 0.15) is 5.82 Å². The van der Waals surface area contributed by atoms with Crippen molar-refractivity contribution in [1.82, 2.24) is 30.0 Å². The Hall–Kier alpha value is -2.67. The first-order valence-electron chi connectivity index (χ1n) is 7.85. The van der Waals surface area contributed by atoms with Crippen LogP contribution < -0.4 is 0 Å². The molecule has 124 valence electrons. The van der Waals surface area contributed by atoms with Crippen molar-refractivity contribution in [1.29, 1.82) is 0 Å². The Morgan fingerprint density at radius 3 is 2.75 bits per heavy atom. The standard InChI is InChI=1S/C17H20N6O/c1-12(2)16-19-8-6-14(20-16)10-23(3)11-15-21-17(22-24-15)13-5-4-7-18-9-13/h4-9,12H,10-11H2,1-3H3. The minimum Gasteiger partial charge on any atom is -0.338 e. The highest BCUT2D eigenvalue weighted by molar-refractivity contribution is 5.51. The minimum atomic E-state index is 0.313. The van der Waals surface area contributed by atoms with Gasteiger partial charge in [0.25, 0.3) is 0 Å². The van der Waals surface area contributed by atoms with Gasteiger partial charge in [0.2, 0.25) is 11.7 Å². The lowest BCUT2D eigenvalue weighted by Crippen LogP contribution is -2.18. The predicted octanol–water partition coefficient (Wildman–Crippen LogP) is 2.68. The van der Waals surface area contributed by atoms with Gasteiger partial charge >= 0.3 is 0 Å². The summed E-state index contributed by atoms with van der Waals surface area (Å²) < 4.78 is 5.33. The van der Waals surface area contributed by atoms with Gasteiger partial charge in [-0.05, 0) is 25.2 Å². The molecule has 0 spiro atoms. The minimum absolute atomic E-state index is 0.313. The average molecular weight is 324 g/mol. The summed E-state index contributed by atoms with van der Waals surface area (Å²) in [7, 11) is 1.99. The molecule has 0 aliphatic rings. The summed E-state index contributed by atoms with van der Waals surface area (Å²) in [4.78, 5) is 19.4. The molecule has 0 saturated carbocycles. The fourth-order valence-corrected chi connectivity index (χ4v) is 2.27. The van der Waals surface area contributed by atoms with E-state index in [9.17, 15) is 0 Å². The third-order valence-electron chi connectivity index (χ3n) is 3.47. The molecular weight excluding hydrogens is 304 g/mol. The maximum atomic E-state index is 5.33. The van der Waals surface area contributed by atoms with Crippen LogP contribution in [0.5, 0.6) is 0 Å². The van der Waals surface area contributed by atoms with E-state index in [1.165, 1.54) is 0 Å². The SMILES string of the molecule is CC(C)c1nccc(CN(C)Cc2nc(-c3cccnc3)no2)n1. The van der Waals surface area contributed by atoms with Crippen LogP contribution in [0, 0.1) is 0 Å². The van der Waals surface area contributed by atoms with Crippen LogP contribution in [0.15, 0.2) is 41.3 Å². The van der Waals surface area contributed by atoms with E-state index in [-0.39, 0.29) is 0 Å². The molecule has 0 aliphatic carbocycles. The quantitative estimate of drug-likeness (QED) is 0.689. The first-order valence-corrected chi connectivity index (χ1v) is 7.85. The molecule has 3 heterocycles. The topological polar surface area (TPSA) is 80.8 Å². The second-order valence-electron chi connectivity index (χ2n) is 5.99. The van der Waals surface area contributed by atoms with Gasteiger partial charge in [0.15, 0.2) is 0 Å². The van der Waals surface area contributed by atoms with E-state index in [0.29, 0.717) is 30.7 Å². The van der Waals surface area contributed by atoms with E-state index in [2.05, 4.69) is 43.8 Å². The van der Waals surface area contributed by atoms with Crippen LogP contribution in [0.4, 0.5) is 0 Å². The van der Waals surface area contributed by atoms with Crippen molar-refractivity contribution in [3.05, 3.63) is 54.2 Å². The van der Waals surface area contributed by atoms with Crippen LogP contribution in [0.2, 0.25) is 0 Å². The molecule has 0 atom stereocenters. The molecule has 0 unspecified atom stereocenters. The first kappa shape index (κ1) is 16.2. The number of pyridine rings is 1. The maximum Gasteiger partial charge on any atom is 0.241 e. The number of hydrogen-bond donors (Lipinski definition) is 0. The second kappa shape index (κ2) is 7.27. The van der Waals surface area contributed by atoms with Crippen molar-refractivity contribution in [2.45, 2.75) is 32.9 Å². The summed E-state index contributed by atoms with van der Waals surface area (Å²) in [6, 6.07) is 5.68. The molecule has 0 radical (unpaired) electrons. The Morgan fingerprint density at radius 1 is 1.12 bits per heavy atom. The van der Waals surface area contributed by atoms with E-state index in [4.69, 9.17) is 4.52 Å². The van der Waals surface area contributed by atoms with E-state index >= 15 is 0 Å². The number of nitrogens with zero attached hydrogens (tertiary/aromatic N) is 6. The van der Waals surface area contributed by atoms with Crippen LogP contribution in [0.1, 0.15) is 37.2 Å². The Kier molecular flexibility index (Phi) is 4.90. The van der Waals surface area contributed by atoms with E-state index < -0.39 is 0 Å². The molecule has 0 amide bonds. The van der Waals surface area contributed by atoms with Crippen LogP contribution in [-0.2, 0) is 13.1 Å². The lowest BCUT2D eigenvalue weighted by Gasteiger charge is -2.14. The van der Waals surface area contributed by atoms with Gasteiger partial charge in [-0.1, -0.05) is 19.0 Å². The molecule has 7 heteroatoms. The highest BCUT2D eigenvalue weighted by Gasteiger charge is 2.12. The molecule has 0 fully saturated rings. The fourth-order valence-electron chi connectivity index (χ4n) is 2.27. The highest BCUT2D eigenvalue weighted by atomic mass is 16.5. The Balaban J connectivity index is 1.64. The summed E-state index contributed by atoms with van der Waals surface area (Å²) in [5.41, 5.74) is 1.82. The smallest absolute Gasteiger partial charge is 0.241 e. The predicted molar refractivity (Wildman–Crippen MR) is 88.8 cm³/mol. The molecule has 3 aromatic heterocycles. The van der Waals surface area contributed by atoms with Crippen LogP contribution in [0.25, 0.3) is 11.4 Å². The molecule has 3 rings (SSSR count). The molecule has 24 heavy (non-hydrogen) atoms. The lowest BCUT2D eigenvalue weighted by molar-refractivity contribution is 0.258. The van der Waals surface area contributed by atoms with Crippen LogP contribution in [0.3, 0.4) is 0 Å². The summed E-state index contributed by atoms with van der Waals surface area (Å²) in [6.45, 7) is 5.41. The number of hydrogen-bond acceptors (Lipinski definition) is 7. The largest absolute Gasteiger partial charge is 0.338 e.